The number of benzene rings is 4. The number of hydrogen-bond acceptors (Lipinski definition) is 0. The van der Waals surface area contributed by atoms with Crippen molar-refractivity contribution >= 4 is 29.6 Å². The molecule has 4 aromatic carbocycles. The molecule has 0 aliphatic carbocycles. The van der Waals surface area contributed by atoms with E-state index in [9.17, 15) is 0 Å². The Hall–Kier alpha value is -3.70. The van der Waals surface area contributed by atoms with Gasteiger partial charge in [-0.15, -0.1) is 12.0 Å². The summed E-state index contributed by atoms with van der Waals surface area (Å²) >= 11 is 0. The van der Waals surface area contributed by atoms with Crippen LogP contribution in [0.15, 0.2) is 72.8 Å². The SMILES string of the molecule is C#Cc1cccc2cccc(C#Cc3cccc4cccc(C#C[Si](C(C)C)(C(C)C)C(C)C)c34)c12. The average Bonchev–Trinajstić information content (AvgIpc) is 2.86. The van der Waals surface area contributed by atoms with Crippen LogP contribution in [-0.4, -0.2) is 8.07 Å². The fourth-order valence-corrected chi connectivity index (χ4v) is 11.1. The molecule has 36 heavy (non-hydrogen) atoms. The smallest absolute Gasteiger partial charge is 0.125 e. The maximum absolute atomic E-state index is 5.81. The van der Waals surface area contributed by atoms with E-state index in [2.05, 4.69) is 125 Å². The topological polar surface area (TPSA) is 0 Å². The maximum Gasteiger partial charge on any atom is 0.146 e. The quantitative estimate of drug-likeness (QED) is 0.202. The van der Waals surface area contributed by atoms with Gasteiger partial charge in [0.25, 0.3) is 0 Å². The van der Waals surface area contributed by atoms with Crippen LogP contribution in [0.1, 0.15) is 63.8 Å². The summed E-state index contributed by atoms with van der Waals surface area (Å²) in [5.74, 6) is 13.4. The Labute approximate surface area is 218 Å². The van der Waals surface area contributed by atoms with E-state index >= 15 is 0 Å². The normalized spacial score (nSPS) is 11.3. The van der Waals surface area contributed by atoms with Gasteiger partial charge in [0, 0.05) is 33.0 Å². The minimum absolute atomic E-state index is 0.593. The van der Waals surface area contributed by atoms with Crippen LogP contribution in [0.25, 0.3) is 21.5 Å². The molecule has 0 aromatic heterocycles. The van der Waals surface area contributed by atoms with Crippen molar-refractivity contribution in [2.24, 2.45) is 0 Å². The predicted molar refractivity (Wildman–Crippen MR) is 160 cm³/mol. The molecule has 0 N–H and O–H groups in total. The molecule has 0 heterocycles. The Morgan fingerprint density at radius 1 is 0.528 bits per heavy atom. The van der Waals surface area contributed by atoms with Gasteiger partial charge in [-0.1, -0.05) is 114 Å². The highest BCUT2D eigenvalue weighted by Crippen LogP contribution is 2.41. The number of hydrogen-bond donors (Lipinski definition) is 0. The van der Waals surface area contributed by atoms with Crippen LogP contribution in [0.3, 0.4) is 0 Å². The Kier molecular flexibility index (Phi) is 7.41. The third-order valence-electron chi connectivity index (χ3n) is 7.58. The first-order chi connectivity index (χ1) is 17.3. The summed E-state index contributed by atoms with van der Waals surface area (Å²) in [7, 11) is -1.84. The van der Waals surface area contributed by atoms with Gasteiger partial charge in [0.15, 0.2) is 0 Å². The zero-order chi connectivity index (χ0) is 25.9. The summed E-state index contributed by atoms with van der Waals surface area (Å²) in [6, 6.07) is 25.0. The van der Waals surface area contributed by atoms with Crippen molar-refractivity contribution in [2.45, 2.75) is 58.2 Å². The van der Waals surface area contributed by atoms with Crippen molar-refractivity contribution in [2.75, 3.05) is 0 Å². The second-order valence-corrected chi connectivity index (χ2v) is 16.0. The second-order valence-electron chi connectivity index (χ2n) is 10.5. The van der Waals surface area contributed by atoms with E-state index in [0.717, 1.165) is 38.4 Å². The largest absolute Gasteiger partial charge is 0.146 e. The van der Waals surface area contributed by atoms with Gasteiger partial charge < -0.3 is 0 Å². The van der Waals surface area contributed by atoms with Gasteiger partial charge in [0.05, 0.1) is 0 Å². The van der Waals surface area contributed by atoms with Gasteiger partial charge in [-0.05, 0) is 51.7 Å². The lowest BCUT2D eigenvalue weighted by molar-refractivity contribution is 0.838. The summed E-state index contributed by atoms with van der Waals surface area (Å²) in [5.41, 5.74) is 9.57. The third kappa shape index (κ3) is 4.59. The summed E-state index contributed by atoms with van der Waals surface area (Å²) in [5, 5.41) is 4.45. The molecular formula is C35H34Si. The molecule has 0 aliphatic heterocycles. The first-order valence-corrected chi connectivity index (χ1v) is 15.1. The molecule has 0 radical (unpaired) electrons. The molecule has 0 atom stereocenters. The standard InChI is InChI=1S/C35H34Si/c1-8-28-13-9-14-29-15-10-18-31(34(28)29)21-22-32-19-11-16-30-17-12-20-33(35(30)32)23-24-36(25(2)3,26(4)5)27(6)7/h1,9-20,25-27H,2-7H3. The lowest BCUT2D eigenvalue weighted by Crippen LogP contribution is -2.43. The monoisotopic (exact) mass is 482 g/mol. The highest BCUT2D eigenvalue weighted by Gasteiger charge is 2.41. The van der Waals surface area contributed by atoms with Crippen LogP contribution in [0.2, 0.25) is 16.6 Å². The summed E-state index contributed by atoms with van der Waals surface area (Å²) in [6.45, 7) is 14.1. The Morgan fingerprint density at radius 2 is 0.889 bits per heavy atom. The van der Waals surface area contributed by atoms with Crippen molar-refractivity contribution < 1.29 is 0 Å². The highest BCUT2D eigenvalue weighted by molar-refractivity contribution is 6.90. The Balaban J connectivity index is 1.91. The van der Waals surface area contributed by atoms with Crippen LogP contribution >= 0.6 is 0 Å². The third-order valence-corrected chi connectivity index (χ3v) is 13.9. The molecule has 0 unspecified atom stereocenters. The van der Waals surface area contributed by atoms with Crippen molar-refractivity contribution in [1.29, 1.82) is 0 Å². The van der Waals surface area contributed by atoms with E-state index < -0.39 is 8.07 Å². The van der Waals surface area contributed by atoms with Gasteiger partial charge in [0.2, 0.25) is 0 Å². The summed E-state index contributed by atoms with van der Waals surface area (Å²) < 4.78 is 0. The average molecular weight is 483 g/mol. The molecule has 0 spiro atoms. The van der Waals surface area contributed by atoms with Crippen LogP contribution in [0, 0.1) is 35.6 Å². The molecule has 0 amide bonds. The van der Waals surface area contributed by atoms with Crippen LogP contribution in [0.4, 0.5) is 0 Å². The second kappa shape index (κ2) is 10.5. The fourth-order valence-electron chi connectivity index (χ4n) is 5.86. The molecular weight excluding hydrogens is 448 g/mol. The molecule has 0 fully saturated rings. The highest BCUT2D eigenvalue weighted by atomic mass is 28.3. The predicted octanol–water partition coefficient (Wildman–Crippen LogP) is 8.94. The molecule has 178 valence electrons. The minimum atomic E-state index is -1.84. The molecule has 1 heteroatoms. The first kappa shape index (κ1) is 25.4. The molecule has 0 nitrogen and oxygen atoms in total. The number of terminal acetylenes is 1. The van der Waals surface area contributed by atoms with Gasteiger partial charge in [-0.2, -0.15) is 0 Å². The van der Waals surface area contributed by atoms with E-state index in [-0.39, 0.29) is 0 Å². The summed E-state index contributed by atoms with van der Waals surface area (Å²) in [4.78, 5) is 0. The van der Waals surface area contributed by atoms with Crippen molar-refractivity contribution in [1.82, 2.24) is 0 Å². The Morgan fingerprint density at radius 3 is 1.28 bits per heavy atom. The number of rotatable bonds is 3. The van der Waals surface area contributed by atoms with Crippen molar-refractivity contribution in [3.8, 4) is 35.6 Å². The lowest BCUT2D eigenvalue weighted by Gasteiger charge is -2.38. The van der Waals surface area contributed by atoms with Crippen LogP contribution in [0.5, 0.6) is 0 Å². The first-order valence-electron chi connectivity index (χ1n) is 12.8. The van der Waals surface area contributed by atoms with Gasteiger partial charge in [0.1, 0.15) is 8.07 Å². The van der Waals surface area contributed by atoms with E-state index in [0.29, 0.717) is 16.6 Å². The molecule has 0 saturated heterocycles. The van der Waals surface area contributed by atoms with E-state index in [1.165, 1.54) is 5.39 Å². The van der Waals surface area contributed by atoms with E-state index in [1.54, 1.807) is 0 Å². The zero-order valence-corrected chi connectivity index (χ0v) is 23.2. The van der Waals surface area contributed by atoms with Gasteiger partial charge in [-0.3, -0.25) is 0 Å². The summed E-state index contributed by atoms with van der Waals surface area (Å²) in [6.07, 6.45) is 5.81. The lowest BCUT2D eigenvalue weighted by atomic mass is 9.97. The molecule has 0 aliphatic rings. The molecule has 0 saturated carbocycles. The van der Waals surface area contributed by atoms with Crippen LogP contribution < -0.4 is 0 Å². The molecule has 0 bridgehead atoms. The maximum atomic E-state index is 5.81. The fraction of sp³-hybridized carbons (Fsp3) is 0.257. The van der Waals surface area contributed by atoms with Crippen LogP contribution in [-0.2, 0) is 0 Å². The van der Waals surface area contributed by atoms with E-state index in [1.807, 2.05) is 18.2 Å². The van der Waals surface area contributed by atoms with Crippen molar-refractivity contribution in [3.63, 3.8) is 0 Å². The number of fused-ring (bicyclic) bond motifs is 2. The minimum Gasteiger partial charge on any atom is -0.125 e. The van der Waals surface area contributed by atoms with Gasteiger partial charge >= 0.3 is 0 Å². The van der Waals surface area contributed by atoms with Gasteiger partial charge in [-0.25, -0.2) is 0 Å². The van der Waals surface area contributed by atoms with E-state index in [4.69, 9.17) is 6.42 Å². The Bertz CT molecular complexity index is 1550. The van der Waals surface area contributed by atoms with Crippen molar-refractivity contribution in [3.05, 3.63) is 95.1 Å². The molecule has 4 aromatic rings. The zero-order valence-electron chi connectivity index (χ0n) is 22.2. The molecule has 4 rings (SSSR count).